The SMILES string of the molecule is CNC(Cc1ccccc1)c1ccc(I)cc1. The molecule has 17 heavy (non-hydrogen) atoms. The monoisotopic (exact) mass is 337 g/mol. The van der Waals surface area contributed by atoms with E-state index in [0.29, 0.717) is 6.04 Å². The Morgan fingerprint density at radius 1 is 1.00 bits per heavy atom. The van der Waals surface area contributed by atoms with Crippen molar-refractivity contribution in [3.05, 3.63) is 69.3 Å². The van der Waals surface area contributed by atoms with Crippen molar-refractivity contribution in [2.24, 2.45) is 0 Å². The maximum Gasteiger partial charge on any atom is 0.0358 e. The van der Waals surface area contributed by atoms with Crippen LogP contribution in [0, 0.1) is 3.57 Å². The quantitative estimate of drug-likeness (QED) is 0.837. The van der Waals surface area contributed by atoms with Crippen molar-refractivity contribution in [3.63, 3.8) is 0 Å². The molecule has 0 aliphatic rings. The van der Waals surface area contributed by atoms with Crippen molar-refractivity contribution >= 4 is 22.6 Å². The molecule has 1 nitrogen and oxygen atoms in total. The van der Waals surface area contributed by atoms with Gasteiger partial charge in [-0.3, -0.25) is 0 Å². The zero-order valence-electron chi connectivity index (χ0n) is 9.86. The van der Waals surface area contributed by atoms with E-state index in [-0.39, 0.29) is 0 Å². The van der Waals surface area contributed by atoms with Gasteiger partial charge in [-0.2, -0.15) is 0 Å². The first-order chi connectivity index (χ1) is 8.29. The van der Waals surface area contributed by atoms with Crippen molar-refractivity contribution in [2.75, 3.05) is 7.05 Å². The Kier molecular flexibility index (Phi) is 4.57. The minimum atomic E-state index is 0.384. The van der Waals surface area contributed by atoms with Crippen LogP contribution in [0.15, 0.2) is 54.6 Å². The molecule has 1 N–H and O–H groups in total. The number of hydrogen-bond donors (Lipinski definition) is 1. The lowest BCUT2D eigenvalue weighted by atomic mass is 9.99. The van der Waals surface area contributed by atoms with Crippen molar-refractivity contribution in [1.29, 1.82) is 0 Å². The fourth-order valence-corrected chi connectivity index (χ4v) is 2.29. The highest BCUT2D eigenvalue weighted by molar-refractivity contribution is 14.1. The van der Waals surface area contributed by atoms with Crippen molar-refractivity contribution < 1.29 is 0 Å². The minimum absolute atomic E-state index is 0.384. The van der Waals surface area contributed by atoms with Crippen LogP contribution in [0.2, 0.25) is 0 Å². The van der Waals surface area contributed by atoms with Crippen LogP contribution in [0.4, 0.5) is 0 Å². The maximum absolute atomic E-state index is 3.38. The fourth-order valence-electron chi connectivity index (χ4n) is 1.93. The Morgan fingerprint density at radius 2 is 1.65 bits per heavy atom. The molecule has 0 aliphatic carbocycles. The summed E-state index contributed by atoms with van der Waals surface area (Å²) in [5.74, 6) is 0. The first kappa shape index (κ1) is 12.6. The van der Waals surface area contributed by atoms with Crippen molar-refractivity contribution in [3.8, 4) is 0 Å². The second-order valence-corrected chi connectivity index (χ2v) is 5.33. The molecule has 0 saturated carbocycles. The summed E-state index contributed by atoms with van der Waals surface area (Å²) in [4.78, 5) is 0. The van der Waals surface area contributed by atoms with Crippen LogP contribution >= 0.6 is 22.6 Å². The molecule has 0 amide bonds. The summed E-state index contributed by atoms with van der Waals surface area (Å²) in [5, 5.41) is 3.38. The van der Waals surface area contributed by atoms with Gasteiger partial charge in [0.25, 0.3) is 0 Å². The highest BCUT2D eigenvalue weighted by Gasteiger charge is 2.09. The molecule has 0 bridgehead atoms. The average molecular weight is 337 g/mol. The summed E-state index contributed by atoms with van der Waals surface area (Å²) in [6.45, 7) is 0. The fraction of sp³-hybridized carbons (Fsp3) is 0.200. The summed E-state index contributed by atoms with van der Waals surface area (Å²) in [6.07, 6.45) is 1.03. The van der Waals surface area contributed by atoms with Gasteiger partial charge in [-0.25, -0.2) is 0 Å². The lowest BCUT2D eigenvalue weighted by molar-refractivity contribution is 0.592. The van der Waals surface area contributed by atoms with Gasteiger partial charge < -0.3 is 5.32 Å². The first-order valence-corrected chi connectivity index (χ1v) is 6.84. The van der Waals surface area contributed by atoms with Gasteiger partial charge >= 0.3 is 0 Å². The topological polar surface area (TPSA) is 12.0 Å². The van der Waals surface area contributed by atoms with E-state index in [1.54, 1.807) is 0 Å². The number of benzene rings is 2. The summed E-state index contributed by atoms with van der Waals surface area (Å²) in [6, 6.07) is 19.7. The molecule has 2 aromatic rings. The predicted molar refractivity (Wildman–Crippen MR) is 81.1 cm³/mol. The summed E-state index contributed by atoms with van der Waals surface area (Å²) in [7, 11) is 2.02. The summed E-state index contributed by atoms with van der Waals surface area (Å²) < 4.78 is 1.28. The third kappa shape index (κ3) is 3.54. The van der Waals surface area contributed by atoms with Crippen LogP contribution in [0.25, 0.3) is 0 Å². The first-order valence-electron chi connectivity index (χ1n) is 5.76. The van der Waals surface area contributed by atoms with E-state index in [1.807, 2.05) is 7.05 Å². The van der Waals surface area contributed by atoms with Gasteiger partial charge in [-0.1, -0.05) is 42.5 Å². The van der Waals surface area contributed by atoms with Gasteiger partial charge in [-0.05, 0) is 59.3 Å². The molecular formula is C15H16IN. The molecule has 0 radical (unpaired) electrons. The smallest absolute Gasteiger partial charge is 0.0358 e. The molecule has 88 valence electrons. The van der Waals surface area contributed by atoms with Gasteiger partial charge in [-0.15, -0.1) is 0 Å². The molecule has 0 spiro atoms. The Morgan fingerprint density at radius 3 is 2.24 bits per heavy atom. The van der Waals surface area contributed by atoms with Crippen LogP contribution in [0.3, 0.4) is 0 Å². The number of rotatable bonds is 4. The lowest BCUT2D eigenvalue weighted by Gasteiger charge is -2.16. The number of likely N-dealkylation sites (N-methyl/N-ethyl adjacent to an activating group) is 1. The summed E-state index contributed by atoms with van der Waals surface area (Å²) >= 11 is 2.34. The van der Waals surface area contributed by atoms with Gasteiger partial charge in [0.1, 0.15) is 0 Å². The Balaban J connectivity index is 2.14. The number of hydrogen-bond acceptors (Lipinski definition) is 1. The van der Waals surface area contributed by atoms with E-state index < -0.39 is 0 Å². The van der Waals surface area contributed by atoms with Gasteiger partial charge in [0, 0.05) is 9.61 Å². The maximum atomic E-state index is 3.38. The Labute approximate surface area is 116 Å². The Hall–Kier alpha value is -0.870. The van der Waals surface area contributed by atoms with Crippen LogP contribution < -0.4 is 5.32 Å². The molecule has 1 unspecified atom stereocenters. The van der Waals surface area contributed by atoms with Gasteiger partial charge in [0.2, 0.25) is 0 Å². The normalized spacial score (nSPS) is 12.4. The largest absolute Gasteiger partial charge is 0.313 e. The Bertz CT molecular complexity index is 450. The molecule has 1 atom stereocenters. The van der Waals surface area contributed by atoms with Gasteiger partial charge in [0.15, 0.2) is 0 Å². The second kappa shape index (κ2) is 6.17. The molecule has 2 aromatic carbocycles. The average Bonchev–Trinajstić information content (AvgIpc) is 2.38. The van der Waals surface area contributed by atoms with E-state index in [4.69, 9.17) is 0 Å². The number of halogens is 1. The van der Waals surface area contributed by atoms with Crippen molar-refractivity contribution in [1.82, 2.24) is 5.32 Å². The highest BCUT2D eigenvalue weighted by atomic mass is 127. The van der Waals surface area contributed by atoms with Crippen LogP contribution in [0.5, 0.6) is 0 Å². The minimum Gasteiger partial charge on any atom is -0.313 e. The van der Waals surface area contributed by atoms with Crippen LogP contribution in [-0.2, 0) is 6.42 Å². The van der Waals surface area contributed by atoms with E-state index in [2.05, 4.69) is 82.5 Å². The molecule has 0 heterocycles. The number of nitrogens with one attached hydrogen (secondary N) is 1. The zero-order chi connectivity index (χ0) is 12.1. The third-order valence-electron chi connectivity index (χ3n) is 2.90. The summed E-state index contributed by atoms with van der Waals surface area (Å²) in [5.41, 5.74) is 2.71. The van der Waals surface area contributed by atoms with E-state index in [1.165, 1.54) is 14.7 Å². The molecule has 0 saturated heterocycles. The molecule has 0 fully saturated rings. The molecule has 0 aliphatic heterocycles. The molecular weight excluding hydrogens is 321 g/mol. The standard InChI is InChI=1S/C15H16IN/c1-17-15(11-12-5-3-2-4-6-12)13-7-9-14(16)10-8-13/h2-10,15,17H,11H2,1H3. The highest BCUT2D eigenvalue weighted by Crippen LogP contribution is 2.19. The van der Waals surface area contributed by atoms with E-state index >= 15 is 0 Å². The van der Waals surface area contributed by atoms with E-state index in [0.717, 1.165) is 6.42 Å². The molecule has 0 aromatic heterocycles. The molecule has 2 rings (SSSR count). The van der Waals surface area contributed by atoms with E-state index in [9.17, 15) is 0 Å². The van der Waals surface area contributed by atoms with Gasteiger partial charge in [0.05, 0.1) is 0 Å². The predicted octanol–water partition coefficient (Wildman–Crippen LogP) is 3.79. The second-order valence-electron chi connectivity index (χ2n) is 4.08. The van der Waals surface area contributed by atoms with Crippen LogP contribution in [-0.4, -0.2) is 7.05 Å². The lowest BCUT2D eigenvalue weighted by Crippen LogP contribution is -2.18. The molecule has 2 heteroatoms. The van der Waals surface area contributed by atoms with Crippen molar-refractivity contribution in [2.45, 2.75) is 12.5 Å². The zero-order valence-corrected chi connectivity index (χ0v) is 12.0. The third-order valence-corrected chi connectivity index (χ3v) is 3.62. The van der Waals surface area contributed by atoms with Crippen LogP contribution in [0.1, 0.15) is 17.2 Å².